The average Bonchev–Trinajstić information content (AvgIpc) is 2.39. The van der Waals surface area contributed by atoms with Crippen molar-refractivity contribution < 1.29 is 0 Å². The van der Waals surface area contributed by atoms with Gasteiger partial charge in [-0.1, -0.05) is 13.8 Å². The second-order valence-corrected chi connectivity index (χ2v) is 2.78. The third kappa shape index (κ3) is 5.95. The molecule has 1 aromatic carbocycles. The summed E-state index contributed by atoms with van der Waals surface area (Å²) >= 11 is 0. The van der Waals surface area contributed by atoms with Crippen molar-refractivity contribution in [2.45, 2.75) is 13.8 Å². The highest BCUT2D eigenvalue weighted by Crippen LogP contribution is 2.08. The number of anilines is 1. The lowest BCUT2D eigenvalue weighted by atomic mass is 10.2. The van der Waals surface area contributed by atoms with Crippen LogP contribution in [0.4, 0.5) is 5.69 Å². The molecule has 0 aliphatic rings. The Kier molecular flexibility index (Phi) is 7.69. The van der Waals surface area contributed by atoms with E-state index in [0.29, 0.717) is 5.56 Å². The van der Waals surface area contributed by atoms with E-state index in [1.807, 2.05) is 26.0 Å². The van der Waals surface area contributed by atoms with Crippen LogP contribution in [0.15, 0.2) is 34.5 Å². The van der Waals surface area contributed by atoms with Crippen molar-refractivity contribution in [2.75, 3.05) is 12.5 Å². The van der Waals surface area contributed by atoms with Crippen molar-refractivity contribution in [3.05, 3.63) is 29.8 Å². The summed E-state index contributed by atoms with van der Waals surface area (Å²) in [4.78, 5) is 0. The van der Waals surface area contributed by atoms with E-state index < -0.39 is 0 Å². The molecule has 0 heterocycles. The summed E-state index contributed by atoms with van der Waals surface area (Å²) in [5.74, 6) is 0. The van der Waals surface area contributed by atoms with Gasteiger partial charge in [0.2, 0.25) is 0 Å². The van der Waals surface area contributed by atoms with Crippen LogP contribution in [-0.2, 0) is 0 Å². The molecule has 0 aliphatic carbocycles. The second-order valence-electron chi connectivity index (χ2n) is 2.78. The van der Waals surface area contributed by atoms with E-state index in [-0.39, 0.29) is 0 Å². The van der Waals surface area contributed by atoms with E-state index in [1.165, 1.54) is 6.34 Å². The fourth-order valence-corrected chi connectivity index (χ4v) is 0.966. The molecule has 0 unspecified atom stereocenters. The minimum Gasteiger partial charge on any atom is -0.298 e. The highest BCUT2D eigenvalue weighted by molar-refractivity contribution is 5.59. The Bertz CT molecular complexity index is 388. The van der Waals surface area contributed by atoms with Gasteiger partial charge in [-0.15, -0.1) is 5.10 Å². The zero-order valence-corrected chi connectivity index (χ0v) is 10.4. The molecule has 0 aromatic heterocycles. The van der Waals surface area contributed by atoms with Crippen molar-refractivity contribution in [3.63, 3.8) is 0 Å². The van der Waals surface area contributed by atoms with Crippen molar-refractivity contribution in [3.8, 4) is 6.07 Å². The molecule has 5 nitrogen and oxygen atoms in total. The SMILES string of the molecule is C=N/N=C\N(C)Nc1ccc(C#N)cc1.CC. The zero-order chi connectivity index (χ0) is 13.1. The number of benzene rings is 1. The van der Waals surface area contributed by atoms with Gasteiger partial charge in [-0.25, -0.2) is 0 Å². The summed E-state index contributed by atoms with van der Waals surface area (Å²) < 4.78 is 0. The molecular formula is C12H17N5. The van der Waals surface area contributed by atoms with Gasteiger partial charge in [0.1, 0.15) is 6.34 Å². The molecule has 0 aliphatic heterocycles. The number of hydrogen-bond acceptors (Lipinski definition) is 4. The van der Waals surface area contributed by atoms with Gasteiger partial charge in [0.05, 0.1) is 17.3 Å². The largest absolute Gasteiger partial charge is 0.298 e. The standard InChI is InChI=1S/C10H11N5.C2H6/c1-12-13-8-15(2)14-10-5-3-9(7-11)4-6-10;1-2/h3-6,8,14H,1H2,2H3;1-2H3/b13-8-;. The Labute approximate surface area is 102 Å². The molecule has 0 radical (unpaired) electrons. The molecule has 1 N–H and O–H groups in total. The van der Waals surface area contributed by atoms with Gasteiger partial charge in [0, 0.05) is 13.8 Å². The Morgan fingerprint density at radius 3 is 2.41 bits per heavy atom. The minimum absolute atomic E-state index is 0.629. The summed E-state index contributed by atoms with van der Waals surface area (Å²) in [6, 6.07) is 9.14. The summed E-state index contributed by atoms with van der Waals surface area (Å²) in [7, 11) is 1.78. The maximum atomic E-state index is 8.61. The van der Waals surface area contributed by atoms with Gasteiger partial charge >= 0.3 is 0 Å². The Balaban J connectivity index is 0.00000121. The van der Waals surface area contributed by atoms with Crippen LogP contribution in [0.25, 0.3) is 0 Å². The van der Waals surface area contributed by atoms with Crippen molar-refractivity contribution >= 4 is 18.7 Å². The molecule has 0 saturated carbocycles. The highest BCUT2D eigenvalue weighted by Gasteiger charge is 1.94. The molecule has 0 fully saturated rings. The minimum atomic E-state index is 0.629. The first-order valence-corrected chi connectivity index (χ1v) is 5.25. The smallest absolute Gasteiger partial charge is 0.132 e. The molecule has 1 rings (SSSR count). The van der Waals surface area contributed by atoms with Gasteiger partial charge in [-0.2, -0.15) is 10.4 Å². The first-order valence-electron chi connectivity index (χ1n) is 5.25. The van der Waals surface area contributed by atoms with Crippen LogP contribution in [0.5, 0.6) is 0 Å². The third-order valence-electron chi connectivity index (χ3n) is 1.63. The van der Waals surface area contributed by atoms with Crippen molar-refractivity contribution in [1.29, 1.82) is 5.26 Å². The lowest BCUT2D eigenvalue weighted by molar-refractivity contribution is 0.625. The maximum Gasteiger partial charge on any atom is 0.132 e. The number of rotatable bonds is 4. The van der Waals surface area contributed by atoms with Gasteiger partial charge in [0.15, 0.2) is 0 Å². The lowest BCUT2D eigenvalue weighted by Gasteiger charge is -2.15. The number of hydrogen-bond donors (Lipinski definition) is 1. The molecule has 0 spiro atoms. The molecule has 5 heteroatoms. The zero-order valence-electron chi connectivity index (χ0n) is 10.4. The fourth-order valence-electron chi connectivity index (χ4n) is 0.966. The van der Waals surface area contributed by atoms with Crippen LogP contribution in [0.2, 0.25) is 0 Å². The number of nitrogens with zero attached hydrogens (tertiary/aromatic N) is 4. The third-order valence-corrected chi connectivity index (χ3v) is 1.63. The Morgan fingerprint density at radius 1 is 1.35 bits per heavy atom. The maximum absolute atomic E-state index is 8.61. The predicted molar refractivity (Wildman–Crippen MR) is 71.9 cm³/mol. The van der Waals surface area contributed by atoms with Crippen molar-refractivity contribution in [1.82, 2.24) is 5.01 Å². The monoisotopic (exact) mass is 231 g/mol. The topological polar surface area (TPSA) is 63.8 Å². The van der Waals surface area contributed by atoms with E-state index in [1.54, 1.807) is 24.2 Å². The molecule has 0 saturated heterocycles. The molecule has 90 valence electrons. The number of nitrogens with one attached hydrogen (secondary N) is 1. The first kappa shape index (κ1) is 14.6. The summed E-state index contributed by atoms with van der Waals surface area (Å²) in [5.41, 5.74) is 4.51. The second kappa shape index (κ2) is 8.92. The first-order chi connectivity index (χ1) is 8.26. The molecule has 17 heavy (non-hydrogen) atoms. The summed E-state index contributed by atoms with van der Waals surface area (Å²) in [5, 5.41) is 17.2. The highest BCUT2D eigenvalue weighted by atomic mass is 15.5. The van der Waals surface area contributed by atoms with E-state index in [0.717, 1.165) is 5.69 Å². The summed E-state index contributed by atoms with van der Waals surface area (Å²) in [6.45, 7) is 7.22. The van der Waals surface area contributed by atoms with Crippen LogP contribution in [0, 0.1) is 11.3 Å². The number of nitriles is 1. The van der Waals surface area contributed by atoms with Crippen LogP contribution < -0.4 is 5.43 Å². The Hall–Kier alpha value is -2.35. The molecule has 1 aromatic rings. The van der Waals surface area contributed by atoms with E-state index in [2.05, 4.69) is 28.4 Å². The predicted octanol–water partition coefficient (Wildman–Crippen LogP) is 2.49. The fraction of sp³-hybridized carbons (Fsp3) is 0.250. The normalized spacial score (nSPS) is 8.82. The van der Waals surface area contributed by atoms with Crippen LogP contribution in [-0.4, -0.2) is 25.1 Å². The van der Waals surface area contributed by atoms with E-state index >= 15 is 0 Å². The van der Waals surface area contributed by atoms with Gasteiger partial charge < -0.3 is 0 Å². The summed E-state index contributed by atoms with van der Waals surface area (Å²) in [6.07, 6.45) is 1.49. The lowest BCUT2D eigenvalue weighted by Crippen LogP contribution is -2.23. The molecular weight excluding hydrogens is 214 g/mol. The molecule has 0 atom stereocenters. The van der Waals surface area contributed by atoms with Crippen molar-refractivity contribution in [2.24, 2.45) is 10.2 Å². The van der Waals surface area contributed by atoms with Crippen LogP contribution in [0.3, 0.4) is 0 Å². The van der Waals surface area contributed by atoms with Crippen LogP contribution >= 0.6 is 0 Å². The molecule has 0 amide bonds. The van der Waals surface area contributed by atoms with E-state index in [4.69, 9.17) is 5.26 Å². The van der Waals surface area contributed by atoms with Gasteiger partial charge in [-0.3, -0.25) is 10.4 Å². The quantitative estimate of drug-likeness (QED) is 0.492. The van der Waals surface area contributed by atoms with Gasteiger partial charge in [-0.05, 0) is 24.3 Å². The van der Waals surface area contributed by atoms with E-state index in [9.17, 15) is 0 Å². The molecule has 0 bridgehead atoms. The van der Waals surface area contributed by atoms with Crippen LogP contribution in [0.1, 0.15) is 19.4 Å². The average molecular weight is 231 g/mol. The Morgan fingerprint density at radius 2 is 1.94 bits per heavy atom. The number of hydrazine groups is 1. The van der Waals surface area contributed by atoms with Gasteiger partial charge in [0.25, 0.3) is 0 Å².